The van der Waals surface area contributed by atoms with Crippen molar-refractivity contribution in [2.45, 2.75) is 75.4 Å². The summed E-state index contributed by atoms with van der Waals surface area (Å²) in [5, 5.41) is 3.32. The molecule has 1 atom stereocenters. The number of benzene rings is 3. The Morgan fingerprint density at radius 2 is 1.57 bits per heavy atom. The molecule has 4 rings (SSSR count). The van der Waals surface area contributed by atoms with Crippen LogP contribution in [0.25, 0.3) is 0 Å². The summed E-state index contributed by atoms with van der Waals surface area (Å²) < 4.78 is 0. The molecule has 1 aliphatic carbocycles. The van der Waals surface area contributed by atoms with Gasteiger partial charge in [0.15, 0.2) is 0 Å². The Hall–Kier alpha value is -3.05. The average Bonchev–Trinajstić information content (AvgIpc) is 2.92. The molecule has 0 radical (unpaired) electrons. The first-order valence-corrected chi connectivity index (χ1v) is 14.4. The van der Waals surface area contributed by atoms with E-state index in [1.165, 1.54) is 6.42 Å². The Morgan fingerprint density at radius 3 is 2.27 bits per heavy atom. The molecule has 0 bridgehead atoms. The van der Waals surface area contributed by atoms with Crippen molar-refractivity contribution >= 4 is 23.6 Å². The van der Waals surface area contributed by atoms with Crippen LogP contribution in [0.5, 0.6) is 0 Å². The highest BCUT2D eigenvalue weighted by atomic mass is 32.2. The molecule has 0 heterocycles. The molecule has 3 aromatic carbocycles. The van der Waals surface area contributed by atoms with Crippen molar-refractivity contribution in [1.82, 2.24) is 10.2 Å². The maximum atomic E-state index is 13.8. The van der Waals surface area contributed by atoms with Crippen LogP contribution in [0, 0.1) is 6.92 Å². The van der Waals surface area contributed by atoms with Crippen LogP contribution in [0.4, 0.5) is 0 Å². The van der Waals surface area contributed by atoms with Gasteiger partial charge < -0.3 is 10.2 Å². The number of rotatable bonds is 11. The third kappa shape index (κ3) is 8.50. The number of amides is 2. The Morgan fingerprint density at radius 1 is 0.892 bits per heavy atom. The summed E-state index contributed by atoms with van der Waals surface area (Å²) in [6, 6.07) is 28.1. The summed E-state index contributed by atoms with van der Waals surface area (Å²) in [7, 11) is 0. The quantitative estimate of drug-likeness (QED) is 0.295. The van der Waals surface area contributed by atoms with Gasteiger partial charge in [-0.15, -0.1) is 11.8 Å². The summed E-state index contributed by atoms with van der Waals surface area (Å²) in [6.07, 6.45) is 6.45. The van der Waals surface area contributed by atoms with E-state index in [2.05, 4.69) is 36.5 Å². The van der Waals surface area contributed by atoms with Gasteiger partial charge in [-0.3, -0.25) is 9.59 Å². The molecule has 1 aliphatic rings. The molecule has 1 N–H and O–H groups in total. The number of carbonyl (C=O) groups excluding carboxylic acids is 2. The molecule has 1 saturated carbocycles. The molecule has 1 fully saturated rings. The number of nitrogens with zero attached hydrogens (tertiary/aromatic N) is 1. The van der Waals surface area contributed by atoms with Crippen LogP contribution in [0.15, 0.2) is 89.8 Å². The van der Waals surface area contributed by atoms with Gasteiger partial charge in [0.2, 0.25) is 11.8 Å². The fourth-order valence-electron chi connectivity index (χ4n) is 5.02. The predicted octanol–water partition coefficient (Wildman–Crippen LogP) is 6.57. The SMILES string of the molecule is Cc1cccc(CN(C(=O)CCSc2ccccc2)[C@H](Cc2ccccc2)C(=O)NC2CCCCC2)c1. The molecule has 2 amide bonds. The van der Waals surface area contributed by atoms with Crippen LogP contribution in [0.2, 0.25) is 0 Å². The lowest BCUT2D eigenvalue weighted by molar-refractivity contribution is -0.141. The van der Waals surface area contributed by atoms with Crippen molar-refractivity contribution in [3.8, 4) is 0 Å². The number of nitrogens with one attached hydrogen (secondary N) is 1. The van der Waals surface area contributed by atoms with Crippen LogP contribution in [-0.2, 0) is 22.6 Å². The van der Waals surface area contributed by atoms with Gasteiger partial charge >= 0.3 is 0 Å². The molecule has 194 valence electrons. The van der Waals surface area contributed by atoms with E-state index in [4.69, 9.17) is 0 Å². The zero-order valence-electron chi connectivity index (χ0n) is 21.8. The first kappa shape index (κ1) is 27.0. The first-order chi connectivity index (χ1) is 18.1. The summed E-state index contributed by atoms with van der Waals surface area (Å²) in [4.78, 5) is 30.6. The Bertz CT molecular complexity index is 1130. The molecule has 37 heavy (non-hydrogen) atoms. The van der Waals surface area contributed by atoms with Gasteiger partial charge in [-0.1, -0.05) is 97.6 Å². The largest absolute Gasteiger partial charge is 0.352 e. The third-order valence-electron chi connectivity index (χ3n) is 6.99. The Labute approximate surface area is 225 Å². The maximum Gasteiger partial charge on any atom is 0.243 e. The number of thioether (sulfide) groups is 1. The van der Waals surface area contributed by atoms with Gasteiger partial charge in [-0.25, -0.2) is 0 Å². The van der Waals surface area contributed by atoms with Crippen molar-refractivity contribution in [2.75, 3.05) is 5.75 Å². The van der Waals surface area contributed by atoms with E-state index in [1.807, 2.05) is 65.6 Å². The van der Waals surface area contributed by atoms with E-state index >= 15 is 0 Å². The van der Waals surface area contributed by atoms with Gasteiger partial charge in [0.05, 0.1) is 0 Å². The lowest BCUT2D eigenvalue weighted by Gasteiger charge is -2.33. The second kappa shape index (κ2) is 14.0. The standard InChI is InChI=1S/C32H38N2O2S/c1-25-12-11-15-27(22-25)24-34(31(35)20-21-37-29-18-9-4-10-19-29)30(23-26-13-5-2-6-14-26)32(36)33-28-16-7-3-8-17-28/h2,4-6,9-15,18-19,22,28,30H,3,7-8,16-17,20-21,23-24H2,1H3,(H,33,36)/t30-/m1/s1. The van der Waals surface area contributed by atoms with Gasteiger partial charge in [0, 0.05) is 36.1 Å². The number of hydrogen-bond donors (Lipinski definition) is 1. The van der Waals surface area contributed by atoms with Gasteiger partial charge in [0.25, 0.3) is 0 Å². The van der Waals surface area contributed by atoms with Crippen molar-refractivity contribution in [2.24, 2.45) is 0 Å². The maximum absolute atomic E-state index is 13.8. The minimum absolute atomic E-state index is 0.0182. The third-order valence-corrected chi connectivity index (χ3v) is 8.00. The lowest BCUT2D eigenvalue weighted by Crippen LogP contribution is -2.52. The van der Waals surface area contributed by atoms with E-state index in [-0.39, 0.29) is 17.9 Å². The molecule has 4 nitrogen and oxygen atoms in total. The highest BCUT2D eigenvalue weighted by Crippen LogP contribution is 2.22. The van der Waals surface area contributed by atoms with Crippen LogP contribution in [0.1, 0.15) is 55.2 Å². The molecule has 3 aromatic rings. The van der Waals surface area contributed by atoms with Crippen LogP contribution in [-0.4, -0.2) is 34.6 Å². The van der Waals surface area contributed by atoms with Crippen LogP contribution >= 0.6 is 11.8 Å². The normalized spacial score (nSPS) is 14.6. The van der Waals surface area contributed by atoms with E-state index in [9.17, 15) is 9.59 Å². The van der Waals surface area contributed by atoms with E-state index in [0.29, 0.717) is 25.1 Å². The Kier molecular flexibility index (Phi) is 10.2. The van der Waals surface area contributed by atoms with Crippen LogP contribution < -0.4 is 5.32 Å². The molecule has 0 spiro atoms. The molecule has 0 saturated heterocycles. The zero-order chi connectivity index (χ0) is 25.9. The number of hydrogen-bond acceptors (Lipinski definition) is 3. The summed E-state index contributed by atoms with van der Waals surface area (Å²) in [6.45, 7) is 2.48. The lowest BCUT2D eigenvalue weighted by atomic mass is 9.94. The van der Waals surface area contributed by atoms with Crippen molar-refractivity contribution in [1.29, 1.82) is 0 Å². The van der Waals surface area contributed by atoms with Crippen molar-refractivity contribution < 1.29 is 9.59 Å². The second-order valence-corrected chi connectivity index (χ2v) is 11.1. The van der Waals surface area contributed by atoms with Gasteiger partial charge in [-0.05, 0) is 43.0 Å². The van der Waals surface area contributed by atoms with Gasteiger partial charge in [-0.2, -0.15) is 0 Å². The average molecular weight is 515 g/mol. The first-order valence-electron chi connectivity index (χ1n) is 13.5. The van der Waals surface area contributed by atoms with E-state index in [1.54, 1.807) is 11.8 Å². The van der Waals surface area contributed by atoms with E-state index in [0.717, 1.165) is 47.3 Å². The molecular formula is C32H38N2O2S. The summed E-state index contributed by atoms with van der Waals surface area (Å²) in [5.41, 5.74) is 3.26. The van der Waals surface area contributed by atoms with Crippen molar-refractivity contribution in [3.05, 3.63) is 102 Å². The van der Waals surface area contributed by atoms with Gasteiger partial charge in [0.1, 0.15) is 6.04 Å². The predicted molar refractivity (Wildman–Crippen MR) is 152 cm³/mol. The summed E-state index contributed by atoms with van der Waals surface area (Å²) >= 11 is 1.68. The highest BCUT2D eigenvalue weighted by molar-refractivity contribution is 7.99. The fourth-order valence-corrected chi connectivity index (χ4v) is 5.88. The van der Waals surface area contributed by atoms with E-state index < -0.39 is 6.04 Å². The highest BCUT2D eigenvalue weighted by Gasteiger charge is 2.31. The minimum atomic E-state index is -0.556. The monoisotopic (exact) mass is 514 g/mol. The fraction of sp³-hybridized carbons (Fsp3) is 0.375. The second-order valence-electron chi connectivity index (χ2n) is 9.97. The molecular weight excluding hydrogens is 476 g/mol. The molecule has 5 heteroatoms. The smallest absolute Gasteiger partial charge is 0.243 e. The number of aryl methyl sites for hydroxylation is 1. The molecule has 0 unspecified atom stereocenters. The number of carbonyl (C=O) groups is 2. The molecule has 0 aromatic heterocycles. The minimum Gasteiger partial charge on any atom is -0.352 e. The summed E-state index contributed by atoms with van der Waals surface area (Å²) in [5.74, 6) is 0.660. The van der Waals surface area contributed by atoms with Crippen LogP contribution in [0.3, 0.4) is 0 Å². The molecule has 0 aliphatic heterocycles. The Balaban J connectivity index is 1.56. The zero-order valence-corrected chi connectivity index (χ0v) is 22.6. The van der Waals surface area contributed by atoms with Crippen molar-refractivity contribution in [3.63, 3.8) is 0 Å². The topological polar surface area (TPSA) is 49.4 Å².